The Morgan fingerprint density at radius 3 is 3.00 bits per heavy atom. The number of rotatable bonds is 4. The first-order valence-corrected chi connectivity index (χ1v) is 6.74. The fourth-order valence-electron chi connectivity index (χ4n) is 2.61. The van der Waals surface area contributed by atoms with Gasteiger partial charge in [0.1, 0.15) is 5.75 Å². The fourth-order valence-corrected chi connectivity index (χ4v) is 2.61. The van der Waals surface area contributed by atoms with Gasteiger partial charge in [0.25, 0.3) is 5.91 Å². The van der Waals surface area contributed by atoms with Crippen LogP contribution in [-0.4, -0.2) is 44.6 Å². The average Bonchev–Trinajstić information content (AvgIpc) is 2.87. The highest BCUT2D eigenvalue weighted by molar-refractivity contribution is 5.95. The number of hydrogen-bond acceptors (Lipinski definition) is 3. The third-order valence-electron chi connectivity index (χ3n) is 3.72. The Kier molecular flexibility index (Phi) is 4.43. The van der Waals surface area contributed by atoms with Crippen LogP contribution in [0.2, 0.25) is 0 Å². The maximum absolute atomic E-state index is 12.4. The maximum atomic E-state index is 12.4. The molecule has 1 aromatic carbocycles. The summed E-state index contributed by atoms with van der Waals surface area (Å²) in [4.78, 5) is 14.4. The summed E-state index contributed by atoms with van der Waals surface area (Å²) in [5, 5.41) is 3.18. The predicted octanol–water partition coefficient (Wildman–Crippen LogP) is 1.69. The van der Waals surface area contributed by atoms with Crippen molar-refractivity contribution in [3.8, 4) is 5.75 Å². The van der Waals surface area contributed by atoms with E-state index in [1.807, 2.05) is 37.1 Å². The molecule has 1 unspecified atom stereocenters. The van der Waals surface area contributed by atoms with E-state index in [0.29, 0.717) is 11.5 Å². The lowest BCUT2D eigenvalue weighted by Gasteiger charge is -2.17. The highest BCUT2D eigenvalue weighted by Gasteiger charge is 2.26. The van der Waals surface area contributed by atoms with Gasteiger partial charge < -0.3 is 15.0 Å². The average molecular weight is 262 g/mol. The highest BCUT2D eigenvalue weighted by atomic mass is 16.5. The third kappa shape index (κ3) is 3.07. The smallest absolute Gasteiger partial charge is 0.253 e. The number of amides is 1. The molecule has 0 radical (unpaired) electrons. The van der Waals surface area contributed by atoms with Gasteiger partial charge in [0.15, 0.2) is 0 Å². The number of carbonyl (C=O) groups excluding carboxylic acids is 1. The molecule has 19 heavy (non-hydrogen) atoms. The Morgan fingerprint density at radius 2 is 2.32 bits per heavy atom. The first-order chi connectivity index (χ1) is 9.15. The Labute approximate surface area is 114 Å². The number of carbonyl (C=O) groups is 1. The fraction of sp³-hybridized carbons (Fsp3) is 0.533. The molecule has 1 saturated heterocycles. The summed E-state index contributed by atoms with van der Waals surface area (Å²) in [5.74, 6) is 1.45. The summed E-state index contributed by atoms with van der Waals surface area (Å²) in [6.45, 7) is 4.64. The van der Waals surface area contributed by atoms with E-state index in [9.17, 15) is 4.79 Å². The van der Waals surface area contributed by atoms with E-state index in [4.69, 9.17) is 4.74 Å². The minimum Gasteiger partial charge on any atom is -0.496 e. The van der Waals surface area contributed by atoms with Crippen molar-refractivity contribution in [2.45, 2.75) is 13.3 Å². The Hall–Kier alpha value is -1.55. The van der Waals surface area contributed by atoms with E-state index in [2.05, 4.69) is 5.32 Å². The molecule has 1 aromatic rings. The molecule has 1 heterocycles. The van der Waals surface area contributed by atoms with Crippen LogP contribution >= 0.6 is 0 Å². The zero-order valence-corrected chi connectivity index (χ0v) is 11.9. The van der Waals surface area contributed by atoms with Crippen LogP contribution in [0.25, 0.3) is 0 Å². The van der Waals surface area contributed by atoms with Gasteiger partial charge in [-0.2, -0.15) is 0 Å². The molecule has 0 aromatic heterocycles. The van der Waals surface area contributed by atoms with Gasteiger partial charge >= 0.3 is 0 Å². The molecule has 0 saturated carbocycles. The lowest BCUT2D eigenvalue weighted by atomic mass is 10.1. The monoisotopic (exact) mass is 262 g/mol. The largest absolute Gasteiger partial charge is 0.496 e. The molecular formula is C15H22N2O2. The topological polar surface area (TPSA) is 41.6 Å². The van der Waals surface area contributed by atoms with E-state index in [-0.39, 0.29) is 5.91 Å². The number of ether oxygens (including phenoxy) is 1. The van der Waals surface area contributed by atoms with Crippen molar-refractivity contribution < 1.29 is 9.53 Å². The van der Waals surface area contributed by atoms with Crippen molar-refractivity contribution in [2.24, 2.45) is 5.92 Å². The Balaban J connectivity index is 2.08. The lowest BCUT2D eigenvalue weighted by Crippen LogP contribution is -2.30. The second kappa shape index (κ2) is 6.06. The van der Waals surface area contributed by atoms with Crippen molar-refractivity contribution in [1.82, 2.24) is 10.2 Å². The second-order valence-corrected chi connectivity index (χ2v) is 5.15. The van der Waals surface area contributed by atoms with Crippen LogP contribution in [0.15, 0.2) is 18.2 Å². The van der Waals surface area contributed by atoms with E-state index in [1.165, 1.54) is 0 Å². The normalized spacial score (nSPS) is 18.7. The van der Waals surface area contributed by atoms with Crippen molar-refractivity contribution in [2.75, 3.05) is 33.8 Å². The molecule has 0 aliphatic carbocycles. The van der Waals surface area contributed by atoms with Crippen LogP contribution < -0.4 is 10.1 Å². The Morgan fingerprint density at radius 1 is 1.53 bits per heavy atom. The number of nitrogens with one attached hydrogen (secondary N) is 1. The van der Waals surface area contributed by atoms with Gasteiger partial charge in [-0.3, -0.25) is 4.79 Å². The van der Waals surface area contributed by atoms with Crippen molar-refractivity contribution in [3.63, 3.8) is 0 Å². The zero-order valence-electron chi connectivity index (χ0n) is 11.9. The molecule has 1 amide bonds. The summed E-state index contributed by atoms with van der Waals surface area (Å²) in [5.41, 5.74) is 1.76. The van der Waals surface area contributed by atoms with Gasteiger partial charge in [0.2, 0.25) is 0 Å². The first kappa shape index (κ1) is 13.9. The summed E-state index contributed by atoms with van der Waals surface area (Å²) in [6.07, 6.45) is 1.08. The Bertz CT molecular complexity index is 459. The molecule has 1 N–H and O–H groups in total. The summed E-state index contributed by atoms with van der Waals surface area (Å²) < 4.78 is 5.28. The molecule has 4 nitrogen and oxygen atoms in total. The standard InChI is InChI=1S/C15H22N2O2/c1-11-4-5-13(8-14(11)19-3)15(18)17-7-6-12(10-17)9-16-2/h4-5,8,12,16H,6-7,9-10H2,1-3H3. The molecule has 1 aliphatic rings. The molecule has 1 atom stereocenters. The molecule has 1 fully saturated rings. The number of likely N-dealkylation sites (tertiary alicyclic amines) is 1. The third-order valence-corrected chi connectivity index (χ3v) is 3.72. The molecule has 2 rings (SSSR count). The zero-order chi connectivity index (χ0) is 13.8. The van der Waals surface area contributed by atoms with Crippen molar-refractivity contribution in [1.29, 1.82) is 0 Å². The van der Waals surface area contributed by atoms with Gasteiger partial charge in [-0.05, 0) is 50.6 Å². The van der Waals surface area contributed by atoms with E-state index >= 15 is 0 Å². The molecule has 4 heteroatoms. The van der Waals surface area contributed by atoms with Crippen LogP contribution in [0.3, 0.4) is 0 Å². The first-order valence-electron chi connectivity index (χ1n) is 6.74. The SMILES string of the molecule is CNCC1CCN(C(=O)c2ccc(C)c(OC)c2)C1. The molecule has 0 spiro atoms. The second-order valence-electron chi connectivity index (χ2n) is 5.15. The number of hydrogen-bond donors (Lipinski definition) is 1. The van der Waals surface area contributed by atoms with E-state index in [1.54, 1.807) is 7.11 Å². The molecule has 104 valence electrons. The van der Waals surface area contributed by atoms with Gasteiger partial charge in [0.05, 0.1) is 7.11 Å². The molecule has 0 bridgehead atoms. The minimum absolute atomic E-state index is 0.108. The van der Waals surface area contributed by atoms with Gasteiger partial charge in [0, 0.05) is 18.7 Å². The van der Waals surface area contributed by atoms with Crippen LogP contribution in [-0.2, 0) is 0 Å². The van der Waals surface area contributed by atoms with Crippen LogP contribution in [0.1, 0.15) is 22.3 Å². The lowest BCUT2D eigenvalue weighted by molar-refractivity contribution is 0.0787. The number of aryl methyl sites for hydroxylation is 1. The minimum atomic E-state index is 0.108. The highest BCUT2D eigenvalue weighted by Crippen LogP contribution is 2.22. The summed E-state index contributed by atoms with van der Waals surface area (Å²) >= 11 is 0. The summed E-state index contributed by atoms with van der Waals surface area (Å²) in [7, 11) is 3.59. The van der Waals surface area contributed by atoms with Crippen LogP contribution in [0, 0.1) is 12.8 Å². The molecule has 1 aliphatic heterocycles. The van der Waals surface area contributed by atoms with Gasteiger partial charge in [-0.25, -0.2) is 0 Å². The number of nitrogens with zero attached hydrogens (tertiary/aromatic N) is 1. The number of benzene rings is 1. The van der Waals surface area contributed by atoms with E-state index in [0.717, 1.165) is 37.4 Å². The van der Waals surface area contributed by atoms with Crippen molar-refractivity contribution >= 4 is 5.91 Å². The van der Waals surface area contributed by atoms with E-state index < -0.39 is 0 Å². The van der Waals surface area contributed by atoms with Gasteiger partial charge in [-0.1, -0.05) is 6.07 Å². The van der Waals surface area contributed by atoms with Crippen LogP contribution in [0.4, 0.5) is 0 Å². The molecular weight excluding hydrogens is 240 g/mol. The maximum Gasteiger partial charge on any atom is 0.253 e. The van der Waals surface area contributed by atoms with Gasteiger partial charge in [-0.15, -0.1) is 0 Å². The number of methoxy groups -OCH3 is 1. The predicted molar refractivity (Wildman–Crippen MR) is 75.7 cm³/mol. The quantitative estimate of drug-likeness (QED) is 0.897. The van der Waals surface area contributed by atoms with Crippen LogP contribution in [0.5, 0.6) is 5.75 Å². The van der Waals surface area contributed by atoms with Crippen molar-refractivity contribution in [3.05, 3.63) is 29.3 Å². The summed E-state index contributed by atoms with van der Waals surface area (Å²) in [6, 6.07) is 5.65.